The van der Waals surface area contributed by atoms with Gasteiger partial charge < -0.3 is 4.90 Å². The molecule has 1 aromatic carbocycles. The fourth-order valence-corrected chi connectivity index (χ4v) is 2.03. The van der Waals surface area contributed by atoms with E-state index in [0.29, 0.717) is 5.70 Å². The maximum Gasteiger partial charge on any atom is 0.256 e. The summed E-state index contributed by atoms with van der Waals surface area (Å²) >= 11 is 0. The largest absolute Gasteiger partial charge is 0.336 e. The van der Waals surface area contributed by atoms with Crippen LogP contribution in [0, 0.1) is 6.92 Å². The first-order chi connectivity index (χ1) is 8.59. The van der Waals surface area contributed by atoms with Gasteiger partial charge in [0.05, 0.1) is 6.54 Å². The monoisotopic (exact) mass is 247 g/mol. The minimum absolute atomic E-state index is 0.330. The smallest absolute Gasteiger partial charge is 0.256 e. The van der Waals surface area contributed by atoms with Crippen LogP contribution in [0.3, 0.4) is 0 Å². The van der Waals surface area contributed by atoms with E-state index in [9.17, 15) is 8.78 Å². The molecule has 0 unspecified atom stereocenters. The Bertz CT molecular complexity index is 515. The topological polar surface area (TPSA) is 3.24 Å². The molecule has 0 N–H and O–H groups in total. The van der Waals surface area contributed by atoms with E-state index in [4.69, 9.17) is 0 Å². The molecule has 0 atom stereocenters. The van der Waals surface area contributed by atoms with Gasteiger partial charge >= 0.3 is 0 Å². The molecule has 1 aromatic rings. The van der Waals surface area contributed by atoms with Gasteiger partial charge in [0.25, 0.3) is 6.43 Å². The predicted molar refractivity (Wildman–Crippen MR) is 70.1 cm³/mol. The number of halogens is 2. The van der Waals surface area contributed by atoms with Crippen molar-refractivity contribution in [3.63, 3.8) is 0 Å². The highest BCUT2D eigenvalue weighted by atomic mass is 19.3. The van der Waals surface area contributed by atoms with Gasteiger partial charge in [-0.3, -0.25) is 0 Å². The number of allylic oxidation sites excluding steroid dienone is 3. The Balaban J connectivity index is 2.40. The van der Waals surface area contributed by atoms with Gasteiger partial charge in [0, 0.05) is 17.0 Å². The number of rotatable bonds is 3. The molecule has 2 rings (SSSR count). The van der Waals surface area contributed by atoms with Crippen LogP contribution in [0.2, 0.25) is 0 Å². The molecule has 0 aromatic heterocycles. The second kappa shape index (κ2) is 5.17. The van der Waals surface area contributed by atoms with Gasteiger partial charge in [0.2, 0.25) is 0 Å². The normalized spacial score (nSPS) is 15.2. The van der Waals surface area contributed by atoms with Gasteiger partial charge in [0.15, 0.2) is 0 Å². The number of aryl methyl sites for hydroxylation is 1. The quantitative estimate of drug-likeness (QED) is 0.780. The van der Waals surface area contributed by atoms with Gasteiger partial charge in [-0.25, -0.2) is 8.78 Å². The van der Waals surface area contributed by atoms with Crippen LogP contribution in [-0.4, -0.2) is 17.9 Å². The highest BCUT2D eigenvalue weighted by molar-refractivity contribution is 5.71. The minimum atomic E-state index is -2.39. The fraction of sp³-hybridized carbons (Fsp3) is 0.200. The molecule has 0 amide bonds. The Morgan fingerprint density at radius 3 is 2.67 bits per heavy atom. The van der Waals surface area contributed by atoms with E-state index >= 15 is 0 Å². The van der Waals surface area contributed by atoms with E-state index in [2.05, 4.69) is 6.58 Å². The average molecular weight is 247 g/mol. The van der Waals surface area contributed by atoms with Crippen LogP contribution in [0.25, 0.3) is 5.70 Å². The predicted octanol–water partition coefficient (Wildman–Crippen LogP) is 3.99. The molecule has 0 spiro atoms. The lowest BCUT2D eigenvalue weighted by Crippen LogP contribution is -2.27. The van der Waals surface area contributed by atoms with E-state index in [0.717, 1.165) is 16.8 Å². The van der Waals surface area contributed by atoms with E-state index in [1.165, 1.54) is 0 Å². The van der Waals surface area contributed by atoms with Gasteiger partial charge in [-0.15, -0.1) is 0 Å². The maximum absolute atomic E-state index is 12.6. The summed E-state index contributed by atoms with van der Waals surface area (Å²) in [6.07, 6.45) is 3.04. The molecule has 1 aliphatic heterocycles. The fourth-order valence-electron chi connectivity index (χ4n) is 2.03. The number of hydrogen-bond donors (Lipinski definition) is 0. The summed E-state index contributed by atoms with van der Waals surface area (Å²) in [5.41, 5.74) is 3.40. The molecule has 0 bridgehead atoms. The maximum atomic E-state index is 12.6. The van der Waals surface area contributed by atoms with Gasteiger partial charge in [0.1, 0.15) is 0 Å². The summed E-state index contributed by atoms with van der Waals surface area (Å²) in [7, 11) is 0. The molecular weight excluding hydrogens is 232 g/mol. The molecule has 1 nitrogen and oxygen atoms in total. The van der Waals surface area contributed by atoms with Crippen LogP contribution in [0.5, 0.6) is 0 Å². The van der Waals surface area contributed by atoms with Crippen molar-refractivity contribution in [2.24, 2.45) is 0 Å². The SMILES string of the molecule is C=C1C=CC=C(c2ccccc2C)N1CC(F)F. The third-order valence-corrected chi connectivity index (χ3v) is 2.92. The summed E-state index contributed by atoms with van der Waals surface area (Å²) in [6, 6.07) is 7.75. The molecular formula is C15H15F2N. The van der Waals surface area contributed by atoms with Gasteiger partial charge in [-0.05, 0) is 24.6 Å². The second-order valence-corrected chi connectivity index (χ2v) is 4.22. The van der Waals surface area contributed by atoms with Crippen molar-refractivity contribution in [1.82, 2.24) is 4.90 Å². The van der Waals surface area contributed by atoms with Crippen molar-refractivity contribution < 1.29 is 8.78 Å². The molecule has 0 saturated carbocycles. The molecule has 3 heteroatoms. The van der Waals surface area contributed by atoms with Crippen LogP contribution in [-0.2, 0) is 0 Å². The van der Waals surface area contributed by atoms with Gasteiger partial charge in [-0.2, -0.15) is 0 Å². The first-order valence-corrected chi connectivity index (χ1v) is 5.78. The third kappa shape index (κ3) is 2.50. The van der Waals surface area contributed by atoms with Crippen LogP contribution in [0.4, 0.5) is 8.78 Å². The lowest BCUT2D eigenvalue weighted by molar-refractivity contribution is 0.123. The molecule has 18 heavy (non-hydrogen) atoms. The van der Waals surface area contributed by atoms with Crippen LogP contribution < -0.4 is 0 Å². The lowest BCUT2D eigenvalue weighted by atomic mass is 10.0. The molecule has 0 aliphatic carbocycles. The Hall–Kier alpha value is -1.90. The highest BCUT2D eigenvalue weighted by Gasteiger charge is 2.20. The summed E-state index contributed by atoms with van der Waals surface area (Å²) in [6.45, 7) is 5.46. The number of nitrogens with zero attached hydrogens (tertiary/aromatic N) is 1. The number of hydrogen-bond acceptors (Lipinski definition) is 1. The second-order valence-electron chi connectivity index (χ2n) is 4.22. The number of alkyl halides is 2. The zero-order valence-electron chi connectivity index (χ0n) is 10.2. The Morgan fingerprint density at radius 2 is 2.00 bits per heavy atom. The first-order valence-electron chi connectivity index (χ1n) is 5.78. The zero-order valence-corrected chi connectivity index (χ0v) is 10.2. The average Bonchev–Trinajstić information content (AvgIpc) is 2.32. The zero-order chi connectivity index (χ0) is 13.1. The van der Waals surface area contributed by atoms with Crippen LogP contribution in [0.15, 0.2) is 54.8 Å². The molecule has 1 aliphatic rings. The Kier molecular flexibility index (Phi) is 3.60. The van der Waals surface area contributed by atoms with Crippen molar-refractivity contribution in [2.75, 3.05) is 6.54 Å². The van der Waals surface area contributed by atoms with E-state index in [-0.39, 0.29) is 6.54 Å². The van der Waals surface area contributed by atoms with E-state index in [1.54, 1.807) is 11.0 Å². The van der Waals surface area contributed by atoms with Gasteiger partial charge in [-0.1, -0.05) is 36.9 Å². The Labute approximate surface area is 106 Å². The standard InChI is InChI=1S/C15H15F2N/c1-11-6-3-4-8-13(11)14-9-5-7-12(2)18(14)10-15(16)17/h3-9,15H,2,10H2,1H3. The van der Waals surface area contributed by atoms with Crippen molar-refractivity contribution in [3.05, 3.63) is 65.9 Å². The summed E-state index contributed by atoms with van der Waals surface area (Å²) in [5, 5.41) is 0. The third-order valence-electron chi connectivity index (χ3n) is 2.92. The first kappa shape index (κ1) is 12.6. The molecule has 0 fully saturated rings. The molecule has 0 radical (unpaired) electrons. The molecule has 0 saturated heterocycles. The van der Waals surface area contributed by atoms with Crippen molar-refractivity contribution in [1.29, 1.82) is 0 Å². The highest BCUT2D eigenvalue weighted by Crippen LogP contribution is 2.29. The number of benzene rings is 1. The molecule has 1 heterocycles. The van der Waals surface area contributed by atoms with E-state index < -0.39 is 6.43 Å². The summed E-state index contributed by atoms with van der Waals surface area (Å²) in [5.74, 6) is 0. The van der Waals surface area contributed by atoms with Crippen molar-refractivity contribution in [2.45, 2.75) is 13.3 Å². The Morgan fingerprint density at radius 1 is 1.28 bits per heavy atom. The minimum Gasteiger partial charge on any atom is -0.336 e. The van der Waals surface area contributed by atoms with Crippen LogP contribution >= 0.6 is 0 Å². The lowest BCUT2D eigenvalue weighted by Gasteiger charge is -2.30. The van der Waals surface area contributed by atoms with Crippen molar-refractivity contribution in [3.8, 4) is 0 Å². The van der Waals surface area contributed by atoms with E-state index in [1.807, 2.05) is 43.3 Å². The summed E-state index contributed by atoms with van der Waals surface area (Å²) in [4.78, 5) is 1.56. The van der Waals surface area contributed by atoms with Crippen LogP contribution in [0.1, 0.15) is 11.1 Å². The summed E-state index contributed by atoms with van der Waals surface area (Å²) < 4.78 is 25.3. The van der Waals surface area contributed by atoms with Crippen molar-refractivity contribution >= 4 is 5.70 Å². The molecule has 94 valence electrons.